The molecule has 0 spiro atoms. The molecule has 0 bridgehead atoms. The largest absolute Gasteiger partial charge is 0.340 e. The maximum Gasteiger partial charge on any atom is 0.240 e. The van der Waals surface area contributed by atoms with Gasteiger partial charge in [-0.25, -0.2) is 0 Å². The summed E-state index contributed by atoms with van der Waals surface area (Å²) in [6, 6.07) is 7.28. The van der Waals surface area contributed by atoms with Crippen LogP contribution in [0.15, 0.2) is 24.3 Å². The van der Waals surface area contributed by atoms with Crippen molar-refractivity contribution >= 4 is 29.9 Å². The second-order valence-electron chi connectivity index (χ2n) is 5.76. The van der Waals surface area contributed by atoms with Gasteiger partial charge in [0.1, 0.15) is 0 Å². The highest BCUT2D eigenvalue weighted by Crippen LogP contribution is 2.13. The fraction of sp³-hybridized carbons (Fsp3) is 0.500. The number of hydrogen-bond acceptors (Lipinski definition) is 4. The van der Waals surface area contributed by atoms with Gasteiger partial charge in [0.15, 0.2) is 0 Å². The molecule has 7 heteroatoms. The summed E-state index contributed by atoms with van der Waals surface area (Å²) in [6.07, 6.45) is 0. The van der Waals surface area contributed by atoms with Gasteiger partial charge in [-0.15, -0.1) is 12.4 Å². The molecule has 1 aromatic rings. The molecule has 0 aromatic heterocycles. The number of carbonyl (C=O) groups excluding carboxylic acids is 2. The Morgan fingerprint density at radius 3 is 2.22 bits per heavy atom. The fourth-order valence-corrected chi connectivity index (χ4v) is 2.43. The molecule has 0 radical (unpaired) electrons. The van der Waals surface area contributed by atoms with E-state index in [-0.39, 0.29) is 24.2 Å². The molecule has 2 amide bonds. The first kappa shape index (κ1) is 19.4. The predicted octanol–water partition coefficient (Wildman–Crippen LogP) is 1.06. The van der Waals surface area contributed by atoms with Gasteiger partial charge in [0.05, 0.1) is 6.04 Å². The molecule has 3 N–H and O–H groups in total. The minimum atomic E-state index is -0.516. The lowest BCUT2D eigenvalue weighted by molar-refractivity contribution is -0.130. The normalized spacial score (nSPS) is 16.4. The number of halogens is 1. The van der Waals surface area contributed by atoms with Gasteiger partial charge in [0.2, 0.25) is 11.8 Å². The van der Waals surface area contributed by atoms with Crippen LogP contribution >= 0.6 is 12.4 Å². The number of carbonyl (C=O) groups is 2. The van der Waals surface area contributed by atoms with Gasteiger partial charge >= 0.3 is 0 Å². The monoisotopic (exact) mass is 340 g/mol. The van der Waals surface area contributed by atoms with Crippen LogP contribution in [0, 0.1) is 0 Å². The summed E-state index contributed by atoms with van der Waals surface area (Å²) >= 11 is 0. The maximum atomic E-state index is 11.5. The molecule has 1 saturated heterocycles. The van der Waals surface area contributed by atoms with Crippen LogP contribution in [-0.2, 0) is 16.1 Å². The number of amides is 2. The zero-order valence-corrected chi connectivity index (χ0v) is 14.4. The van der Waals surface area contributed by atoms with E-state index in [4.69, 9.17) is 5.73 Å². The van der Waals surface area contributed by atoms with Gasteiger partial charge in [-0.3, -0.25) is 14.5 Å². The third-order valence-corrected chi connectivity index (χ3v) is 3.86. The summed E-state index contributed by atoms with van der Waals surface area (Å²) in [7, 11) is 0. The molecule has 1 aliphatic heterocycles. The standard InChI is InChI=1S/C16H24N4O2.ClH/c1-12(17)16(22)18-15-5-3-14(4-6-15)11-19-7-9-20(10-8-19)13(2)21;/h3-6,12H,7-11,17H2,1-2H3,(H,18,22);1H/t12-;/m1./s1. The van der Waals surface area contributed by atoms with Crippen molar-refractivity contribution in [2.24, 2.45) is 5.73 Å². The highest BCUT2D eigenvalue weighted by atomic mass is 35.5. The minimum Gasteiger partial charge on any atom is -0.340 e. The number of piperazine rings is 1. The Hall–Kier alpha value is -1.63. The van der Waals surface area contributed by atoms with Crippen LogP contribution in [0.1, 0.15) is 19.4 Å². The van der Waals surface area contributed by atoms with Gasteiger partial charge < -0.3 is 16.0 Å². The van der Waals surface area contributed by atoms with Crippen molar-refractivity contribution in [1.29, 1.82) is 0 Å². The quantitative estimate of drug-likeness (QED) is 0.859. The molecule has 0 aliphatic carbocycles. The van der Waals surface area contributed by atoms with E-state index in [2.05, 4.69) is 10.2 Å². The lowest BCUT2D eigenvalue weighted by Crippen LogP contribution is -2.47. The van der Waals surface area contributed by atoms with Crippen LogP contribution in [-0.4, -0.2) is 53.8 Å². The zero-order chi connectivity index (χ0) is 16.1. The second-order valence-corrected chi connectivity index (χ2v) is 5.76. The molecule has 2 rings (SSSR count). The van der Waals surface area contributed by atoms with Gasteiger partial charge in [0, 0.05) is 45.3 Å². The van der Waals surface area contributed by atoms with Crippen molar-refractivity contribution in [3.05, 3.63) is 29.8 Å². The predicted molar refractivity (Wildman–Crippen MR) is 93.5 cm³/mol. The average molecular weight is 341 g/mol. The van der Waals surface area contributed by atoms with E-state index in [9.17, 15) is 9.59 Å². The Morgan fingerprint density at radius 1 is 1.17 bits per heavy atom. The van der Waals surface area contributed by atoms with Gasteiger partial charge in [-0.2, -0.15) is 0 Å². The van der Waals surface area contributed by atoms with Crippen molar-refractivity contribution in [1.82, 2.24) is 9.80 Å². The number of nitrogens with one attached hydrogen (secondary N) is 1. The van der Waals surface area contributed by atoms with E-state index in [1.807, 2.05) is 29.2 Å². The van der Waals surface area contributed by atoms with Crippen LogP contribution in [0.4, 0.5) is 5.69 Å². The third-order valence-electron chi connectivity index (χ3n) is 3.86. The van der Waals surface area contributed by atoms with E-state index in [1.54, 1.807) is 13.8 Å². The molecular formula is C16H25ClN4O2. The van der Waals surface area contributed by atoms with Crippen molar-refractivity contribution in [2.45, 2.75) is 26.4 Å². The van der Waals surface area contributed by atoms with E-state index >= 15 is 0 Å². The van der Waals surface area contributed by atoms with Gasteiger partial charge in [-0.05, 0) is 24.6 Å². The first-order valence-electron chi connectivity index (χ1n) is 7.59. The van der Waals surface area contributed by atoms with Gasteiger partial charge in [-0.1, -0.05) is 12.1 Å². The first-order valence-corrected chi connectivity index (χ1v) is 7.59. The number of nitrogens with two attached hydrogens (primary N) is 1. The Morgan fingerprint density at radius 2 is 1.74 bits per heavy atom. The summed E-state index contributed by atoms with van der Waals surface area (Å²) in [4.78, 5) is 27.0. The molecule has 23 heavy (non-hydrogen) atoms. The molecular weight excluding hydrogens is 316 g/mol. The summed E-state index contributed by atoms with van der Waals surface area (Å²) in [5.41, 5.74) is 7.47. The van der Waals surface area contributed by atoms with E-state index in [0.29, 0.717) is 0 Å². The van der Waals surface area contributed by atoms with Crippen molar-refractivity contribution in [2.75, 3.05) is 31.5 Å². The highest BCUT2D eigenvalue weighted by molar-refractivity contribution is 5.94. The molecule has 1 heterocycles. The van der Waals surface area contributed by atoms with E-state index in [1.165, 1.54) is 5.56 Å². The van der Waals surface area contributed by atoms with Crippen molar-refractivity contribution in [3.8, 4) is 0 Å². The first-order chi connectivity index (χ1) is 10.5. The SMILES string of the molecule is CC(=O)N1CCN(Cc2ccc(NC(=O)[C@@H](C)N)cc2)CC1.Cl. The fourth-order valence-electron chi connectivity index (χ4n) is 2.43. The molecule has 1 fully saturated rings. The Labute approximate surface area is 143 Å². The van der Waals surface area contributed by atoms with Crippen LogP contribution in [0.3, 0.4) is 0 Å². The maximum absolute atomic E-state index is 11.5. The summed E-state index contributed by atoms with van der Waals surface area (Å²) in [5, 5.41) is 2.77. The average Bonchev–Trinajstić information content (AvgIpc) is 2.49. The highest BCUT2D eigenvalue weighted by Gasteiger charge is 2.18. The van der Waals surface area contributed by atoms with Gasteiger partial charge in [0.25, 0.3) is 0 Å². The molecule has 0 saturated carbocycles. The lowest BCUT2D eigenvalue weighted by atomic mass is 10.1. The number of rotatable bonds is 4. The molecule has 0 unspecified atom stereocenters. The van der Waals surface area contributed by atoms with E-state index in [0.717, 1.165) is 38.4 Å². The van der Waals surface area contributed by atoms with Crippen molar-refractivity contribution in [3.63, 3.8) is 0 Å². The topological polar surface area (TPSA) is 78.7 Å². The molecule has 6 nitrogen and oxygen atoms in total. The lowest BCUT2D eigenvalue weighted by Gasteiger charge is -2.34. The number of anilines is 1. The van der Waals surface area contributed by atoms with Crippen LogP contribution in [0.25, 0.3) is 0 Å². The van der Waals surface area contributed by atoms with Crippen LogP contribution < -0.4 is 11.1 Å². The van der Waals surface area contributed by atoms with Crippen LogP contribution in [0.5, 0.6) is 0 Å². The molecule has 1 aromatic carbocycles. The molecule has 1 atom stereocenters. The number of hydrogen-bond donors (Lipinski definition) is 2. The Kier molecular flexibility index (Phi) is 7.48. The second kappa shape index (κ2) is 8.86. The summed E-state index contributed by atoms with van der Waals surface area (Å²) < 4.78 is 0. The minimum absolute atomic E-state index is 0. The number of nitrogens with zero attached hydrogens (tertiary/aromatic N) is 2. The van der Waals surface area contributed by atoms with Crippen LogP contribution in [0.2, 0.25) is 0 Å². The number of benzene rings is 1. The molecule has 1 aliphatic rings. The van der Waals surface area contributed by atoms with Crippen molar-refractivity contribution < 1.29 is 9.59 Å². The summed E-state index contributed by atoms with van der Waals surface area (Å²) in [6.45, 7) is 7.49. The molecule has 128 valence electrons. The van der Waals surface area contributed by atoms with E-state index < -0.39 is 6.04 Å². The zero-order valence-electron chi connectivity index (χ0n) is 13.6. The third kappa shape index (κ3) is 5.82. The summed E-state index contributed by atoms with van der Waals surface area (Å²) in [5.74, 6) is -0.0398. The smallest absolute Gasteiger partial charge is 0.240 e. The Balaban J connectivity index is 0.00000264. The Bertz CT molecular complexity index is 525.